The van der Waals surface area contributed by atoms with Crippen molar-refractivity contribution in [3.8, 4) is 5.88 Å². The van der Waals surface area contributed by atoms with Crippen molar-refractivity contribution in [2.75, 3.05) is 11.9 Å². The van der Waals surface area contributed by atoms with E-state index >= 15 is 0 Å². The Morgan fingerprint density at radius 2 is 1.86 bits per heavy atom. The first-order chi connectivity index (χ1) is 14.0. The summed E-state index contributed by atoms with van der Waals surface area (Å²) in [7, 11) is 0. The Morgan fingerprint density at radius 1 is 1.17 bits per heavy atom. The highest BCUT2D eigenvalue weighted by Gasteiger charge is 2.41. The van der Waals surface area contributed by atoms with Gasteiger partial charge in [-0.1, -0.05) is 38.3 Å². The lowest BCUT2D eigenvalue weighted by atomic mass is 9.68. The Labute approximate surface area is 170 Å². The third kappa shape index (κ3) is 4.55. The van der Waals surface area contributed by atoms with Crippen LogP contribution in [0.15, 0.2) is 36.4 Å². The molecule has 1 fully saturated rings. The summed E-state index contributed by atoms with van der Waals surface area (Å²) in [4.78, 5) is 28.4. The maximum absolute atomic E-state index is 13.4. The summed E-state index contributed by atoms with van der Waals surface area (Å²) in [5, 5.41) is 14.0. The minimum atomic E-state index is -0.683. The van der Waals surface area contributed by atoms with E-state index in [0.29, 0.717) is 23.9 Å². The van der Waals surface area contributed by atoms with E-state index in [4.69, 9.17) is 4.74 Å². The lowest BCUT2D eigenvalue weighted by Crippen LogP contribution is -2.42. The number of rotatable bonds is 7. The van der Waals surface area contributed by atoms with Gasteiger partial charge in [-0.15, -0.1) is 0 Å². The largest absolute Gasteiger partial charge is 0.478 e. The number of nitro benzene ring substituents is 1. The average Bonchev–Trinajstić information content (AvgIpc) is 2.74. The van der Waals surface area contributed by atoms with Crippen LogP contribution in [0.2, 0.25) is 0 Å². The molecule has 1 aliphatic rings. The SMILES string of the molecule is CCCOc1ccc(NC(=O)C2(c3ccc([N+](=O)[O-])cc3)CCCCC2)c(C)n1. The van der Waals surface area contributed by atoms with E-state index in [9.17, 15) is 14.9 Å². The van der Waals surface area contributed by atoms with Crippen molar-refractivity contribution in [2.45, 2.75) is 57.8 Å². The first kappa shape index (κ1) is 20.8. The maximum Gasteiger partial charge on any atom is 0.269 e. The first-order valence-electron chi connectivity index (χ1n) is 10.1. The highest BCUT2D eigenvalue weighted by Crippen LogP contribution is 2.41. The van der Waals surface area contributed by atoms with Gasteiger partial charge in [0.25, 0.3) is 5.69 Å². The molecule has 1 saturated carbocycles. The van der Waals surface area contributed by atoms with Crippen LogP contribution in [0.4, 0.5) is 11.4 Å². The van der Waals surface area contributed by atoms with Gasteiger partial charge >= 0.3 is 0 Å². The number of nitro groups is 1. The van der Waals surface area contributed by atoms with Gasteiger partial charge in [0.2, 0.25) is 11.8 Å². The quantitative estimate of drug-likeness (QED) is 0.528. The molecule has 1 heterocycles. The van der Waals surface area contributed by atoms with Crippen LogP contribution in [0.3, 0.4) is 0 Å². The number of benzene rings is 1. The molecule has 0 aliphatic heterocycles. The molecule has 0 bridgehead atoms. The third-order valence-corrected chi connectivity index (χ3v) is 5.53. The molecule has 0 radical (unpaired) electrons. The molecule has 2 aromatic rings. The Balaban J connectivity index is 1.85. The molecule has 0 spiro atoms. The van der Waals surface area contributed by atoms with Crippen molar-refractivity contribution in [3.05, 3.63) is 57.8 Å². The maximum atomic E-state index is 13.4. The van der Waals surface area contributed by atoms with Crippen LogP contribution >= 0.6 is 0 Å². The summed E-state index contributed by atoms with van der Waals surface area (Å²) in [5.74, 6) is 0.461. The van der Waals surface area contributed by atoms with Gasteiger partial charge in [-0.25, -0.2) is 4.98 Å². The van der Waals surface area contributed by atoms with Crippen LogP contribution < -0.4 is 10.1 Å². The molecule has 0 saturated heterocycles. The predicted octanol–water partition coefficient (Wildman–Crippen LogP) is 4.93. The Morgan fingerprint density at radius 3 is 2.45 bits per heavy atom. The molecule has 154 valence electrons. The number of nitrogens with zero attached hydrogens (tertiary/aromatic N) is 2. The number of ether oxygens (including phenoxy) is 1. The number of aryl methyl sites for hydroxylation is 1. The van der Waals surface area contributed by atoms with E-state index in [1.54, 1.807) is 18.2 Å². The molecule has 1 aromatic heterocycles. The molecule has 0 unspecified atom stereocenters. The monoisotopic (exact) mass is 397 g/mol. The van der Waals surface area contributed by atoms with Gasteiger partial charge in [0.15, 0.2) is 0 Å². The van der Waals surface area contributed by atoms with Gasteiger partial charge in [0, 0.05) is 18.2 Å². The summed E-state index contributed by atoms with van der Waals surface area (Å²) in [6, 6.07) is 9.97. The van der Waals surface area contributed by atoms with E-state index in [0.717, 1.165) is 44.1 Å². The van der Waals surface area contributed by atoms with E-state index in [2.05, 4.69) is 10.3 Å². The summed E-state index contributed by atoms with van der Waals surface area (Å²) in [6.45, 7) is 4.47. The standard InChI is InChI=1S/C22H27N3O4/c1-3-15-29-20-12-11-19(16(2)23-20)24-21(26)22(13-5-4-6-14-22)17-7-9-18(10-8-17)25(27)28/h7-12H,3-6,13-15H2,1-2H3,(H,24,26). The van der Waals surface area contributed by atoms with Crippen LogP contribution in [0, 0.1) is 17.0 Å². The van der Waals surface area contributed by atoms with E-state index in [1.165, 1.54) is 12.1 Å². The highest BCUT2D eigenvalue weighted by molar-refractivity contribution is 5.99. The average molecular weight is 397 g/mol. The Bertz CT molecular complexity index is 874. The van der Waals surface area contributed by atoms with E-state index in [1.807, 2.05) is 19.9 Å². The van der Waals surface area contributed by atoms with Gasteiger partial charge in [0.1, 0.15) is 0 Å². The zero-order valence-electron chi connectivity index (χ0n) is 16.9. The molecule has 7 nitrogen and oxygen atoms in total. The van der Waals surface area contributed by atoms with Gasteiger partial charge in [0.05, 0.1) is 28.3 Å². The van der Waals surface area contributed by atoms with Crippen molar-refractivity contribution in [3.63, 3.8) is 0 Å². The lowest BCUT2D eigenvalue weighted by molar-refractivity contribution is -0.384. The molecular weight excluding hydrogens is 370 g/mol. The van der Waals surface area contributed by atoms with Crippen LogP contribution in [-0.4, -0.2) is 22.4 Å². The van der Waals surface area contributed by atoms with Gasteiger partial charge in [-0.2, -0.15) is 0 Å². The highest BCUT2D eigenvalue weighted by atomic mass is 16.6. The van der Waals surface area contributed by atoms with Gasteiger partial charge < -0.3 is 10.1 Å². The number of hydrogen-bond donors (Lipinski definition) is 1. The van der Waals surface area contributed by atoms with Crippen molar-refractivity contribution in [1.29, 1.82) is 0 Å². The number of non-ortho nitro benzene ring substituents is 1. The van der Waals surface area contributed by atoms with E-state index in [-0.39, 0.29) is 11.6 Å². The summed E-state index contributed by atoms with van der Waals surface area (Å²) in [5.41, 5.74) is 1.53. The van der Waals surface area contributed by atoms with Crippen molar-refractivity contribution in [2.24, 2.45) is 0 Å². The van der Waals surface area contributed by atoms with Gasteiger partial charge in [-0.05, 0) is 37.8 Å². The number of anilines is 1. The molecule has 1 aliphatic carbocycles. The fourth-order valence-electron chi connectivity index (χ4n) is 3.90. The number of hydrogen-bond acceptors (Lipinski definition) is 5. The lowest BCUT2D eigenvalue weighted by Gasteiger charge is -2.36. The van der Waals surface area contributed by atoms with Crippen molar-refractivity contribution < 1.29 is 14.5 Å². The summed E-state index contributed by atoms with van der Waals surface area (Å²) < 4.78 is 5.55. The fourth-order valence-corrected chi connectivity index (χ4v) is 3.90. The molecule has 3 rings (SSSR count). The minimum absolute atomic E-state index is 0.0304. The second-order valence-electron chi connectivity index (χ2n) is 7.53. The van der Waals surface area contributed by atoms with Crippen molar-refractivity contribution in [1.82, 2.24) is 4.98 Å². The summed E-state index contributed by atoms with van der Waals surface area (Å²) in [6.07, 6.45) is 5.33. The number of aromatic nitrogens is 1. The fraction of sp³-hybridized carbons (Fsp3) is 0.455. The topological polar surface area (TPSA) is 94.4 Å². The number of amides is 1. The zero-order chi connectivity index (χ0) is 20.9. The Kier molecular flexibility index (Phi) is 6.46. The molecule has 0 atom stereocenters. The van der Waals surface area contributed by atoms with Crippen molar-refractivity contribution >= 4 is 17.3 Å². The first-order valence-corrected chi connectivity index (χ1v) is 10.1. The predicted molar refractivity (Wildman–Crippen MR) is 111 cm³/mol. The molecular formula is C22H27N3O4. The molecule has 1 N–H and O–H groups in total. The number of nitrogens with one attached hydrogen (secondary N) is 1. The molecule has 7 heteroatoms. The number of pyridine rings is 1. The number of carbonyl (C=O) groups excluding carboxylic acids is 1. The van der Waals surface area contributed by atoms with Gasteiger partial charge in [-0.3, -0.25) is 14.9 Å². The third-order valence-electron chi connectivity index (χ3n) is 5.53. The van der Waals surface area contributed by atoms with E-state index < -0.39 is 10.3 Å². The second-order valence-corrected chi connectivity index (χ2v) is 7.53. The second kappa shape index (κ2) is 9.03. The summed E-state index contributed by atoms with van der Waals surface area (Å²) >= 11 is 0. The van der Waals surface area contributed by atoms with Crippen LogP contribution in [-0.2, 0) is 10.2 Å². The Hall–Kier alpha value is -2.96. The molecule has 29 heavy (non-hydrogen) atoms. The minimum Gasteiger partial charge on any atom is -0.478 e. The molecule has 1 aromatic carbocycles. The van der Waals surface area contributed by atoms with Crippen LogP contribution in [0.1, 0.15) is 56.7 Å². The smallest absolute Gasteiger partial charge is 0.269 e. The molecule has 1 amide bonds. The van der Waals surface area contributed by atoms with Crippen LogP contribution in [0.25, 0.3) is 0 Å². The normalized spacial score (nSPS) is 15.5. The number of carbonyl (C=O) groups is 1. The van der Waals surface area contributed by atoms with Crippen LogP contribution in [0.5, 0.6) is 5.88 Å². The zero-order valence-corrected chi connectivity index (χ0v) is 16.9.